The summed E-state index contributed by atoms with van der Waals surface area (Å²) < 4.78 is 32.4. The first-order chi connectivity index (χ1) is 9.85. The molecule has 0 amide bonds. The smallest absolute Gasteiger partial charge is 0.349 e. The molecule has 0 unspecified atom stereocenters. The minimum atomic E-state index is -3.71. The Morgan fingerprint density at radius 3 is 2.67 bits per heavy atom. The Kier molecular flexibility index (Phi) is 5.02. The molecule has 1 aliphatic carbocycles. The van der Waals surface area contributed by atoms with Gasteiger partial charge in [0.05, 0.1) is 7.11 Å². The lowest BCUT2D eigenvalue weighted by Crippen LogP contribution is -2.45. The summed E-state index contributed by atoms with van der Waals surface area (Å²) in [5, 5.41) is 1.66. The molecule has 1 heterocycles. The van der Waals surface area contributed by atoms with E-state index in [0.29, 0.717) is 12.1 Å². The molecule has 0 spiro atoms. The molecule has 1 aromatic heterocycles. The third-order valence-electron chi connectivity index (χ3n) is 3.84. The van der Waals surface area contributed by atoms with Gasteiger partial charge in [-0.3, -0.25) is 0 Å². The fraction of sp³-hybridized carbons (Fsp3) is 0.615. The van der Waals surface area contributed by atoms with Crippen molar-refractivity contribution >= 4 is 39.1 Å². The predicted octanol–water partition coefficient (Wildman–Crippen LogP) is 2.41. The molecule has 8 heteroatoms. The molecular formula is C13H19NO4S3. The Morgan fingerprint density at radius 1 is 1.52 bits per heavy atom. The van der Waals surface area contributed by atoms with Gasteiger partial charge in [0, 0.05) is 11.3 Å². The third kappa shape index (κ3) is 3.28. The van der Waals surface area contributed by atoms with Gasteiger partial charge in [-0.25, -0.2) is 17.9 Å². The lowest BCUT2D eigenvalue weighted by atomic mass is 9.84. The fourth-order valence-corrected chi connectivity index (χ4v) is 6.16. The van der Waals surface area contributed by atoms with E-state index in [0.717, 1.165) is 30.6 Å². The van der Waals surface area contributed by atoms with Gasteiger partial charge in [-0.1, -0.05) is 6.42 Å². The summed E-state index contributed by atoms with van der Waals surface area (Å²) in [5.74, 6) is -0.614. The molecule has 0 atom stereocenters. The van der Waals surface area contributed by atoms with Gasteiger partial charge in [0.25, 0.3) is 0 Å². The van der Waals surface area contributed by atoms with Crippen LogP contribution in [-0.2, 0) is 14.8 Å². The summed E-state index contributed by atoms with van der Waals surface area (Å²) in [4.78, 5) is 11.9. The summed E-state index contributed by atoms with van der Waals surface area (Å²) in [6, 6.07) is 0. The number of carbonyl (C=O) groups excluding carboxylic acids is 1. The molecule has 0 saturated heterocycles. The SMILES string of the molecule is COC(=O)c1scc(C)c1S(=O)(=O)NCC1(SC)CCC1. The lowest BCUT2D eigenvalue weighted by Gasteiger charge is -2.40. The standard InChI is InChI=1S/C13H19NO4S3/c1-9-7-20-10(12(15)18-2)11(9)21(16,17)14-8-13(19-3)5-4-6-13/h7,14H,4-6,8H2,1-3H3. The van der Waals surface area contributed by atoms with Gasteiger partial charge in [0.15, 0.2) is 0 Å². The van der Waals surface area contributed by atoms with Crippen LogP contribution >= 0.6 is 23.1 Å². The quantitative estimate of drug-likeness (QED) is 0.799. The van der Waals surface area contributed by atoms with Gasteiger partial charge >= 0.3 is 5.97 Å². The Morgan fingerprint density at radius 2 is 2.19 bits per heavy atom. The summed E-state index contributed by atoms with van der Waals surface area (Å²) in [5.41, 5.74) is 0.569. The van der Waals surface area contributed by atoms with E-state index in [9.17, 15) is 13.2 Å². The number of hydrogen-bond acceptors (Lipinski definition) is 6. The molecule has 21 heavy (non-hydrogen) atoms. The highest BCUT2D eigenvalue weighted by Gasteiger charge is 2.38. The van der Waals surface area contributed by atoms with Gasteiger partial charge < -0.3 is 4.74 Å². The molecule has 1 aliphatic rings. The van der Waals surface area contributed by atoms with Crippen LogP contribution in [0, 0.1) is 6.92 Å². The molecule has 0 aromatic carbocycles. The summed E-state index contributed by atoms with van der Waals surface area (Å²) in [7, 11) is -2.46. The first kappa shape index (κ1) is 16.8. The van der Waals surface area contributed by atoms with E-state index in [1.165, 1.54) is 7.11 Å². The number of carbonyl (C=O) groups is 1. The Labute approximate surface area is 133 Å². The number of ether oxygens (including phenoxy) is 1. The van der Waals surface area contributed by atoms with E-state index in [-0.39, 0.29) is 14.5 Å². The largest absolute Gasteiger partial charge is 0.465 e. The maximum absolute atomic E-state index is 12.5. The van der Waals surface area contributed by atoms with Crippen LogP contribution in [0.1, 0.15) is 34.5 Å². The Balaban J connectivity index is 2.24. The molecule has 0 aliphatic heterocycles. The van der Waals surface area contributed by atoms with Crippen LogP contribution in [0.5, 0.6) is 0 Å². The zero-order chi connectivity index (χ0) is 15.7. The number of thiophene rings is 1. The van der Waals surface area contributed by atoms with Crippen molar-refractivity contribution in [2.24, 2.45) is 0 Å². The van der Waals surface area contributed by atoms with E-state index in [4.69, 9.17) is 0 Å². The van der Waals surface area contributed by atoms with Gasteiger partial charge in [-0.2, -0.15) is 11.8 Å². The number of aryl methyl sites for hydroxylation is 1. The molecule has 118 valence electrons. The molecule has 5 nitrogen and oxygen atoms in total. The monoisotopic (exact) mass is 349 g/mol. The van der Waals surface area contributed by atoms with E-state index >= 15 is 0 Å². The molecule has 1 fully saturated rings. The zero-order valence-corrected chi connectivity index (χ0v) is 14.7. The number of methoxy groups -OCH3 is 1. The van der Waals surface area contributed by atoms with Gasteiger partial charge in [0.1, 0.15) is 9.77 Å². The molecule has 0 radical (unpaired) electrons. The number of nitrogens with one attached hydrogen (secondary N) is 1. The van der Waals surface area contributed by atoms with E-state index < -0.39 is 16.0 Å². The maximum Gasteiger partial charge on any atom is 0.349 e. The van der Waals surface area contributed by atoms with Crippen LogP contribution in [0.4, 0.5) is 0 Å². The zero-order valence-electron chi connectivity index (χ0n) is 12.3. The van der Waals surface area contributed by atoms with Crippen molar-refractivity contribution in [1.29, 1.82) is 0 Å². The minimum Gasteiger partial charge on any atom is -0.465 e. The van der Waals surface area contributed by atoms with E-state index in [1.807, 2.05) is 6.26 Å². The summed E-state index contributed by atoms with van der Waals surface area (Å²) in [6.45, 7) is 2.08. The van der Waals surface area contributed by atoms with Crippen molar-refractivity contribution in [2.75, 3.05) is 19.9 Å². The molecule has 1 saturated carbocycles. The highest BCUT2D eigenvalue weighted by molar-refractivity contribution is 8.00. The number of sulfonamides is 1. The van der Waals surface area contributed by atoms with Gasteiger partial charge in [-0.15, -0.1) is 11.3 Å². The number of rotatable bonds is 6. The second-order valence-electron chi connectivity index (χ2n) is 5.13. The normalized spacial score (nSPS) is 17.3. The van der Waals surface area contributed by atoms with Crippen LogP contribution in [-0.4, -0.2) is 39.0 Å². The van der Waals surface area contributed by atoms with Crippen LogP contribution in [0.15, 0.2) is 10.3 Å². The fourth-order valence-electron chi connectivity index (χ4n) is 2.32. The molecule has 0 bridgehead atoms. The highest BCUT2D eigenvalue weighted by Crippen LogP contribution is 2.42. The van der Waals surface area contributed by atoms with Gasteiger partial charge in [-0.05, 0) is 37.0 Å². The van der Waals surface area contributed by atoms with Crippen molar-refractivity contribution in [3.8, 4) is 0 Å². The minimum absolute atomic E-state index is 0.00241. The van der Waals surface area contributed by atoms with Crippen molar-refractivity contribution < 1.29 is 17.9 Å². The molecule has 1 aromatic rings. The first-order valence-corrected chi connectivity index (χ1v) is 10.2. The van der Waals surface area contributed by atoms with Crippen molar-refractivity contribution in [3.05, 3.63) is 15.8 Å². The predicted molar refractivity (Wildman–Crippen MR) is 85.7 cm³/mol. The van der Waals surface area contributed by atoms with Crippen molar-refractivity contribution in [2.45, 2.75) is 35.8 Å². The second-order valence-corrected chi connectivity index (χ2v) is 8.99. The third-order valence-corrected chi connectivity index (χ3v) is 8.05. The van der Waals surface area contributed by atoms with Crippen LogP contribution in [0.2, 0.25) is 0 Å². The van der Waals surface area contributed by atoms with E-state index in [1.54, 1.807) is 24.1 Å². The lowest BCUT2D eigenvalue weighted by molar-refractivity contribution is 0.0602. The Hall–Kier alpha value is -0.570. The van der Waals surface area contributed by atoms with E-state index in [2.05, 4.69) is 9.46 Å². The van der Waals surface area contributed by atoms with Crippen LogP contribution < -0.4 is 4.72 Å². The highest BCUT2D eigenvalue weighted by atomic mass is 32.2. The second kappa shape index (κ2) is 6.28. The van der Waals surface area contributed by atoms with Gasteiger partial charge in [0.2, 0.25) is 10.0 Å². The van der Waals surface area contributed by atoms with Crippen molar-refractivity contribution in [1.82, 2.24) is 4.72 Å². The molecule has 1 N–H and O–H groups in total. The van der Waals surface area contributed by atoms with Crippen LogP contribution in [0.25, 0.3) is 0 Å². The maximum atomic E-state index is 12.5. The number of thioether (sulfide) groups is 1. The first-order valence-electron chi connectivity index (χ1n) is 6.56. The summed E-state index contributed by atoms with van der Waals surface area (Å²) >= 11 is 2.80. The Bertz CT molecular complexity index is 626. The molecular weight excluding hydrogens is 330 g/mol. The molecule has 2 rings (SSSR count). The number of esters is 1. The number of hydrogen-bond donors (Lipinski definition) is 1. The average molecular weight is 349 g/mol. The summed E-state index contributed by atoms with van der Waals surface area (Å²) in [6.07, 6.45) is 5.17. The van der Waals surface area contributed by atoms with Crippen LogP contribution in [0.3, 0.4) is 0 Å². The topological polar surface area (TPSA) is 72.5 Å². The van der Waals surface area contributed by atoms with Crippen molar-refractivity contribution in [3.63, 3.8) is 0 Å². The average Bonchev–Trinajstić information content (AvgIpc) is 2.80.